The Morgan fingerprint density at radius 1 is 0.545 bits per heavy atom. The summed E-state index contributed by atoms with van der Waals surface area (Å²) in [5.41, 5.74) is 2.63. The fraction of sp³-hybridized carbons (Fsp3) is 0.333. The van der Waals surface area contributed by atoms with E-state index >= 15 is 0 Å². The van der Waals surface area contributed by atoms with Crippen molar-refractivity contribution in [3.05, 3.63) is 71.8 Å². The second-order valence-corrected chi connectivity index (χ2v) is 9.56. The number of benzene rings is 2. The SMILES string of the molecule is Br[C@H](CC[C@H](Br)[C@@H](Br)c1ccccc1)[C@H](Br)c1ccccc1. The van der Waals surface area contributed by atoms with Crippen molar-refractivity contribution in [2.45, 2.75) is 32.2 Å². The summed E-state index contributed by atoms with van der Waals surface area (Å²) in [7, 11) is 0. The normalized spacial score (nSPS) is 16.7. The first-order valence-electron chi connectivity index (χ1n) is 7.25. The Bertz CT molecular complexity index is 492. The fourth-order valence-corrected chi connectivity index (χ4v) is 4.58. The van der Waals surface area contributed by atoms with Crippen LogP contribution in [0.1, 0.15) is 33.6 Å². The van der Waals surface area contributed by atoms with Gasteiger partial charge in [0.05, 0.1) is 9.65 Å². The van der Waals surface area contributed by atoms with Gasteiger partial charge in [-0.15, -0.1) is 0 Å². The summed E-state index contributed by atoms with van der Waals surface area (Å²) in [6.45, 7) is 0. The van der Waals surface area contributed by atoms with Gasteiger partial charge in [-0.05, 0) is 24.0 Å². The lowest BCUT2D eigenvalue weighted by molar-refractivity contribution is 0.671. The van der Waals surface area contributed by atoms with E-state index in [9.17, 15) is 0 Å². The average molecular weight is 554 g/mol. The van der Waals surface area contributed by atoms with Crippen molar-refractivity contribution in [1.29, 1.82) is 0 Å². The van der Waals surface area contributed by atoms with Crippen LogP contribution in [0.15, 0.2) is 60.7 Å². The van der Waals surface area contributed by atoms with Gasteiger partial charge in [0, 0.05) is 9.65 Å². The topological polar surface area (TPSA) is 0 Å². The van der Waals surface area contributed by atoms with E-state index in [1.54, 1.807) is 0 Å². The zero-order valence-electron chi connectivity index (χ0n) is 12.0. The minimum atomic E-state index is 0.332. The lowest BCUT2D eigenvalue weighted by Crippen LogP contribution is -2.12. The average Bonchev–Trinajstić information content (AvgIpc) is 2.59. The maximum absolute atomic E-state index is 3.83. The molecule has 0 radical (unpaired) electrons. The summed E-state index contributed by atoms with van der Waals surface area (Å²) in [5, 5.41) is 0. The van der Waals surface area contributed by atoms with Crippen LogP contribution >= 0.6 is 63.7 Å². The molecule has 118 valence electrons. The summed E-state index contributed by atoms with van der Waals surface area (Å²) in [6, 6.07) is 21.1. The molecule has 0 saturated heterocycles. The maximum Gasteiger partial charge on any atom is 0.0520 e. The highest BCUT2D eigenvalue weighted by Crippen LogP contribution is 2.38. The molecule has 0 aliphatic rings. The molecule has 0 amide bonds. The third-order valence-corrected chi connectivity index (χ3v) is 9.31. The molecular weight excluding hydrogens is 536 g/mol. The van der Waals surface area contributed by atoms with Gasteiger partial charge < -0.3 is 0 Å². The minimum absolute atomic E-state index is 0.332. The molecule has 4 heteroatoms. The van der Waals surface area contributed by atoms with Gasteiger partial charge in [0.25, 0.3) is 0 Å². The molecule has 0 saturated carbocycles. The molecule has 0 aromatic heterocycles. The molecule has 22 heavy (non-hydrogen) atoms. The summed E-state index contributed by atoms with van der Waals surface area (Å²) in [5.74, 6) is 0. The van der Waals surface area contributed by atoms with Crippen LogP contribution in [0.4, 0.5) is 0 Å². The smallest absolute Gasteiger partial charge is 0.0520 e. The predicted octanol–water partition coefficient (Wildman–Crippen LogP) is 7.57. The summed E-state index contributed by atoms with van der Waals surface area (Å²) < 4.78 is 0. The van der Waals surface area contributed by atoms with Crippen LogP contribution in [-0.2, 0) is 0 Å². The monoisotopic (exact) mass is 550 g/mol. The van der Waals surface area contributed by atoms with E-state index in [0.717, 1.165) is 12.8 Å². The van der Waals surface area contributed by atoms with Gasteiger partial charge >= 0.3 is 0 Å². The van der Waals surface area contributed by atoms with Crippen molar-refractivity contribution in [2.75, 3.05) is 0 Å². The number of halogens is 4. The Morgan fingerprint density at radius 3 is 1.18 bits per heavy atom. The lowest BCUT2D eigenvalue weighted by atomic mass is 10.0. The highest BCUT2D eigenvalue weighted by atomic mass is 79.9. The second-order valence-electron chi connectivity index (χ2n) is 5.23. The van der Waals surface area contributed by atoms with Gasteiger partial charge in [-0.2, -0.15) is 0 Å². The first kappa shape index (κ1) is 18.7. The molecule has 0 nitrogen and oxygen atoms in total. The van der Waals surface area contributed by atoms with Gasteiger partial charge in [-0.25, -0.2) is 0 Å². The summed E-state index contributed by atoms with van der Waals surface area (Å²) in [6.07, 6.45) is 2.19. The minimum Gasteiger partial charge on any atom is -0.0875 e. The number of alkyl halides is 4. The van der Waals surface area contributed by atoms with E-state index in [1.807, 2.05) is 0 Å². The van der Waals surface area contributed by atoms with Gasteiger partial charge in [0.1, 0.15) is 0 Å². The molecule has 0 bridgehead atoms. The Kier molecular flexibility index (Phi) is 8.16. The van der Waals surface area contributed by atoms with E-state index < -0.39 is 0 Å². The molecule has 2 aromatic carbocycles. The van der Waals surface area contributed by atoms with Crippen LogP contribution < -0.4 is 0 Å². The van der Waals surface area contributed by atoms with E-state index in [2.05, 4.69) is 124 Å². The van der Waals surface area contributed by atoms with E-state index in [4.69, 9.17) is 0 Å². The largest absolute Gasteiger partial charge is 0.0875 e. The molecule has 2 aromatic rings. The van der Waals surface area contributed by atoms with Gasteiger partial charge in [0.2, 0.25) is 0 Å². The highest BCUT2D eigenvalue weighted by molar-refractivity contribution is 9.12. The molecular formula is C18H18Br4. The van der Waals surface area contributed by atoms with Crippen LogP contribution in [0.5, 0.6) is 0 Å². The van der Waals surface area contributed by atoms with Crippen LogP contribution in [0.25, 0.3) is 0 Å². The zero-order valence-corrected chi connectivity index (χ0v) is 18.4. The zero-order chi connectivity index (χ0) is 15.9. The number of hydrogen-bond donors (Lipinski definition) is 0. The van der Waals surface area contributed by atoms with Crippen molar-refractivity contribution < 1.29 is 0 Å². The van der Waals surface area contributed by atoms with Crippen molar-refractivity contribution in [3.63, 3.8) is 0 Å². The van der Waals surface area contributed by atoms with Crippen LogP contribution in [0.2, 0.25) is 0 Å². The Balaban J connectivity index is 1.86. The number of rotatable bonds is 7. The molecule has 0 unspecified atom stereocenters. The van der Waals surface area contributed by atoms with E-state index in [-0.39, 0.29) is 0 Å². The van der Waals surface area contributed by atoms with Gasteiger partial charge in [-0.1, -0.05) is 124 Å². The molecule has 2 rings (SSSR count). The summed E-state index contributed by atoms with van der Waals surface area (Å²) in [4.78, 5) is 1.48. The lowest BCUT2D eigenvalue weighted by Gasteiger charge is -2.21. The summed E-state index contributed by atoms with van der Waals surface area (Å²) >= 11 is 15.3. The number of hydrogen-bond acceptors (Lipinski definition) is 0. The Labute approximate surface area is 166 Å². The first-order chi connectivity index (χ1) is 10.6. The Morgan fingerprint density at radius 2 is 0.864 bits per heavy atom. The molecule has 0 heterocycles. The van der Waals surface area contributed by atoms with Crippen molar-refractivity contribution >= 4 is 63.7 Å². The van der Waals surface area contributed by atoms with Crippen LogP contribution in [-0.4, -0.2) is 9.65 Å². The van der Waals surface area contributed by atoms with Crippen molar-refractivity contribution in [2.24, 2.45) is 0 Å². The quantitative estimate of drug-likeness (QED) is 0.310. The van der Waals surface area contributed by atoms with Crippen molar-refractivity contribution in [3.8, 4) is 0 Å². The molecule has 0 fully saturated rings. The molecule has 0 spiro atoms. The van der Waals surface area contributed by atoms with Gasteiger partial charge in [-0.3, -0.25) is 0 Å². The fourth-order valence-electron chi connectivity index (χ4n) is 2.30. The highest BCUT2D eigenvalue weighted by Gasteiger charge is 2.22. The molecule has 0 aliphatic heterocycles. The van der Waals surface area contributed by atoms with Crippen LogP contribution in [0.3, 0.4) is 0 Å². The molecule has 4 atom stereocenters. The third-order valence-electron chi connectivity index (χ3n) is 3.59. The van der Waals surface area contributed by atoms with E-state index in [0.29, 0.717) is 19.3 Å². The second kappa shape index (κ2) is 9.61. The maximum atomic E-state index is 3.83. The standard InChI is InChI=1S/C18H18Br4/c19-15(17(21)13-7-3-1-4-8-13)11-12-16(20)18(22)14-9-5-2-6-10-14/h1-10,15-18H,11-12H2/t15-,16+,17-,18+. The third kappa shape index (κ3) is 5.47. The first-order valence-corrected chi connectivity index (χ1v) is 10.9. The van der Waals surface area contributed by atoms with Crippen molar-refractivity contribution in [1.82, 2.24) is 0 Å². The molecule has 0 aliphatic carbocycles. The van der Waals surface area contributed by atoms with Gasteiger partial charge in [0.15, 0.2) is 0 Å². The van der Waals surface area contributed by atoms with Crippen LogP contribution in [0, 0.1) is 0 Å². The molecule has 0 N–H and O–H groups in total. The Hall–Kier alpha value is 0.360. The van der Waals surface area contributed by atoms with E-state index in [1.165, 1.54) is 11.1 Å². The predicted molar refractivity (Wildman–Crippen MR) is 111 cm³/mol.